The van der Waals surface area contributed by atoms with Gasteiger partial charge >= 0.3 is 11.3 Å². The molecule has 0 radical (unpaired) electrons. The summed E-state index contributed by atoms with van der Waals surface area (Å²) >= 11 is 14.5. The predicted octanol–water partition coefficient (Wildman–Crippen LogP) is 4.45. The minimum Gasteiger partial charge on any atom is -0.291 e. The van der Waals surface area contributed by atoms with Crippen LogP contribution >= 0.6 is 35.0 Å². The minimum absolute atomic E-state index is 0.131. The van der Waals surface area contributed by atoms with Crippen LogP contribution in [0.25, 0.3) is 11.3 Å². The van der Waals surface area contributed by atoms with Crippen molar-refractivity contribution in [1.29, 1.82) is 0 Å². The molecule has 0 saturated carbocycles. The first-order valence-electron chi connectivity index (χ1n) is 9.52. The highest BCUT2D eigenvalue weighted by atomic mass is 35.5. The lowest BCUT2D eigenvalue weighted by Gasteiger charge is -2.32. The molecule has 0 aliphatic carbocycles. The maximum atomic E-state index is 13.1. The lowest BCUT2D eigenvalue weighted by Crippen LogP contribution is -2.61. The van der Waals surface area contributed by atoms with E-state index in [9.17, 15) is 9.59 Å². The van der Waals surface area contributed by atoms with E-state index in [2.05, 4.69) is 10.1 Å². The van der Waals surface area contributed by atoms with Gasteiger partial charge in [0.2, 0.25) is 11.1 Å². The van der Waals surface area contributed by atoms with E-state index in [1.165, 1.54) is 11.8 Å². The fourth-order valence-electron chi connectivity index (χ4n) is 3.63. The summed E-state index contributed by atoms with van der Waals surface area (Å²) < 4.78 is 1.57. The molecule has 2 heterocycles. The molecule has 30 heavy (non-hydrogen) atoms. The summed E-state index contributed by atoms with van der Waals surface area (Å²) in [5.41, 5.74) is 1.83. The smallest absolute Gasteiger partial charge is 0.291 e. The van der Waals surface area contributed by atoms with Crippen LogP contribution in [0.1, 0.15) is 32.0 Å². The largest absolute Gasteiger partial charge is 0.325 e. The maximum absolute atomic E-state index is 13.1. The highest BCUT2D eigenvalue weighted by molar-refractivity contribution is 7.99. The van der Waals surface area contributed by atoms with Crippen LogP contribution in [0.3, 0.4) is 0 Å². The highest BCUT2D eigenvalue weighted by Crippen LogP contribution is 2.41. The van der Waals surface area contributed by atoms with Crippen LogP contribution in [0.15, 0.2) is 52.4 Å². The number of aromatic nitrogens is 3. The molecule has 0 spiro atoms. The Hall–Kier alpha value is -2.35. The number of rotatable bonds is 4. The second-order valence-electron chi connectivity index (χ2n) is 6.63. The Morgan fingerprint density at radius 2 is 1.87 bits per heavy atom. The number of para-hydroxylation sites is 1. The average Bonchev–Trinajstić information content (AvgIpc) is 2.73. The summed E-state index contributed by atoms with van der Waals surface area (Å²) in [4.78, 5) is 30.7. The van der Waals surface area contributed by atoms with Crippen molar-refractivity contribution in [2.24, 2.45) is 0 Å². The van der Waals surface area contributed by atoms with E-state index < -0.39 is 6.17 Å². The summed E-state index contributed by atoms with van der Waals surface area (Å²) in [6.07, 6.45) is -0.523. The molecule has 0 unspecified atom stereocenters. The van der Waals surface area contributed by atoms with Crippen molar-refractivity contribution in [3.05, 3.63) is 68.4 Å². The van der Waals surface area contributed by atoms with Gasteiger partial charge < -0.3 is 0 Å². The first-order valence-corrected chi connectivity index (χ1v) is 11.3. The number of nitrogens with zero attached hydrogens (tertiary/aromatic N) is 3. The van der Waals surface area contributed by atoms with Gasteiger partial charge in [0, 0.05) is 11.5 Å². The summed E-state index contributed by atoms with van der Waals surface area (Å²) in [6.45, 7) is 3.76. The van der Waals surface area contributed by atoms with E-state index in [4.69, 9.17) is 23.2 Å². The summed E-state index contributed by atoms with van der Waals surface area (Å²) in [7, 11) is 0. The normalized spacial score (nSPS) is 14.9. The number of hydrogen-bond donors (Lipinski definition) is 1. The van der Waals surface area contributed by atoms with Crippen molar-refractivity contribution in [3.63, 3.8) is 0 Å². The number of amides is 1. The average molecular weight is 462 g/mol. The lowest BCUT2D eigenvalue weighted by atomic mass is 10.0. The van der Waals surface area contributed by atoms with Gasteiger partial charge in [-0.2, -0.15) is 0 Å². The Morgan fingerprint density at radius 3 is 2.53 bits per heavy atom. The number of aromatic amines is 1. The van der Waals surface area contributed by atoms with E-state index in [0.717, 1.165) is 5.75 Å². The number of carbonyl (C=O) groups excluding carboxylic acids is 1. The Balaban J connectivity index is 2.12. The lowest BCUT2D eigenvalue weighted by molar-refractivity contribution is -0.763. The third kappa shape index (κ3) is 3.41. The topological polar surface area (TPSA) is 69.9 Å². The molecule has 6 nitrogen and oxygen atoms in total. The Morgan fingerprint density at radius 1 is 1.17 bits per heavy atom. The predicted molar refractivity (Wildman–Crippen MR) is 119 cm³/mol. The number of hydrogen-bond acceptors (Lipinski definition) is 4. The molecule has 1 aromatic heterocycles. The van der Waals surface area contributed by atoms with Gasteiger partial charge in [0.25, 0.3) is 6.17 Å². The number of H-pyrrole nitrogens is 1. The van der Waals surface area contributed by atoms with E-state index in [-0.39, 0.29) is 17.9 Å². The number of thioether (sulfide) groups is 1. The zero-order chi connectivity index (χ0) is 21.4. The van der Waals surface area contributed by atoms with Crippen molar-refractivity contribution < 1.29 is 9.48 Å². The number of nitrogens with one attached hydrogen (secondary N) is 1. The van der Waals surface area contributed by atoms with Crippen LogP contribution in [0.4, 0.5) is 5.69 Å². The highest BCUT2D eigenvalue weighted by Gasteiger charge is 2.47. The first-order chi connectivity index (χ1) is 14.5. The quantitative estimate of drug-likeness (QED) is 0.460. The van der Waals surface area contributed by atoms with Crippen molar-refractivity contribution in [2.45, 2.75) is 31.6 Å². The molecule has 2 aromatic carbocycles. The van der Waals surface area contributed by atoms with Gasteiger partial charge in [-0.1, -0.05) is 67.0 Å². The van der Waals surface area contributed by atoms with Gasteiger partial charge in [0.15, 0.2) is 0 Å². The Kier molecular flexibility index (Phi) is 5.86. The van der Waals surface area contributed by atoms with Crippen LogP contribution in [0, 0.1) is 0 Å². The number of benzene rings is 2. The number of anilines is 1. The maximum Gasteiger partial charge on any atom is 0.325 e. The van der Waals surface area contributed by atoms with Crippen LogP contribution < -0.4 is 15.1 Å². The standard InChI is InChI=1S/C21H18Cl2N4O2S/c1-3-16(28)26-15-11-6-5-8-12(15)18-19(29)24-21(30-4-2)25-27(18)20(26)17-13(22)9-7-10-14(17)23/h5-11,20H,3-4H2,1-2H3/p+1/t20-/m1/s1. The van der Waals surface area contributed by atoms with Gasteiger partial charge in [-0.25, -0.2) is 4.90 Å². The molecule has 9 heteroatoms. The molecule has 1 aliphatic heterocycles. The minimum atomic E-state index is -0.790. The zero-order valence-corrected chi connectivity index (χ0v) is 18.7. The third-order valence-electron chi connectivity index (χ3n) is 4.87. The molecule has 0 saturated heterocycles. The molecule has 1 atom stereocenters. The number of carbonyl (C=O) groups is 1. The fourth-order valence-corrected chi connectivity index (χ4v) is 4.81. The van der Waals surface area contributed by atoms with Crippen molar-refractivity contribution in [3.8, 4) is 11.3 Å². The Labute approximate surface area is 187 Å². The molecule has 1 aliphatic rings. The molecule has 4 rings (SSSR count). The van der Waals surface area contributed by atoms with E-state index in [1.807, 2.05) is 31.2 Å². The van der Waals surface area contributed by atoms with E-state index in [1.54, 1.807) is 34.7 Å². The third-order valence-corrected chi connectivity index (χ3v) is 6.27. The molecule has 1 N–H and O–H groups in total. The van der Waals surface area contributed by atoms with Crippen molar-refractivity contribution in [1.82, 2.24) is 10.1 Å². The van der Waals surface area contributed by atoms with Crippen molar-refractivity contribution >= 4 is 46.6 Å². The van der Waals surface area contributed by atoms with Gasteiger partial charge in [-0.15, -0.1) is 0 Å². The number of fused-ring (bicyclic) bond motifs is 3. The second-order valence-corrected chi connectivity index (χ2v) is 8.70. The summed E-state index contributed by atoms with van der Waals surface area (Å²) in [5, 5.41) is 5.93. The van der Waals surface area contributed by atoms with Gasteiger partial charge in [-0.05, 0) is 34.7 Å². The van der Waals surface area contributed by atoms with Crippen LogP contribution in [0.2, 0.25) is 10.0 Å². The zero-order valence-electron chi connectivity index (χ0n) is 16.4. The van der Waals surface area contributed by atoms with Crippen LogP contribution in [0.5, 0.6) is 0 Å². The van der Waals surface area contributed by atoms with Crippen LogP contribution in [-0.4, -0.2) is 21.7 Å². The Bertz CT molecular complexity index is 1180. The molecule has 3 aromatic rings. The van der Waals surface area contributed by atoms with Gasteiger partial charge in [-0.3, -0.25) is 14.6 Å². The van der Waals surface area contributed by atoms with Crippen molar-refractivity contribution in [2.75, 3.05) is 10.7 Å². The molecule has 154 valence electrons. The van der Waals surface area contributed by atoms with E-state index in [0.29, 0.717) is 37.7 Å². The van der Waals surface area contributed by atoms with E-state index >= 15 is 0 Å². The first kappa shape index (κ1) is 20.9. The molecular weight excluding hydrogens is 443 g/mol. The van der Waals surface area contributed by atoms with Gasteiger partial charge in [0.05, 0.1) is 26.9 Å². The van der Waals surface area contributed by atoms with Crippen LogP contribution in [-0.2, 0) is 4.79 Å². The number of halogens is 2. The fraction of sp³-hybridized carbons (Fsp3) is 0.238. The monoisotopic (exact) mass is 461 g/mol. The molecule has 1 amide bonds. The molecule has 0 fully saturated rings. The molecular formula is C21H19Cl2N4O2S+. The van der Waals surface area contributed by atoms with Gasteiger partial charge in [0.1, 0.15) is 0 Å². The summed E-state index contributed by atoms with van der Waals surface area (Å²) in [6, 6.07) is 12.5. The molecule has 0 bridgehead atoms. The summed E-state index contributed by atoms with van der Waals surface area (Å²) in [5.74, 6) is 0.599. The SMILES string of the molecule is CCSc1n[n+]2c(c(=O)[nH]1)-c1ccccc1N(C(=O)CC)[C@H]2c1c(Cl)cccc1Cl. The second kappa shape index (κ2) is 8.41.